The molecule has 8 nitrogen and oxygen atoms in total. The van der Waals surface area contributed by atoms with Crippen LogP contribution in [0, 0.1) is 0 Å². The average Bonchev–Trinajstić information content (AvgIpc) is 2.71. The number of imidazole rings is 1. The highest BCUT2D eigenvalue weighted by atomic mass is 16.4. The molecule has 104 valence electrons. The topological polar surface area (TPSA) is 110 Å². The van der Waals surface area contributed by atoms with Gasteiger partial charge in [-0.3, -0.25) is 5.43 Å². The molecule has 2 amide bonds. The van der Waals surface area contributed by atoms with Crippen LogP contribution in [0.2, 0.25) is 0 Å². The summed E-state index contributed by atoms with van der Waals surface area (Å²) >= 11 is 0. The van der Waals surface area contributed by atoms with Gasteiger partial charge in [-0.15, -0.1) is 0 Å². The summed E-state index contributed by atoms with van der Waals surface area (Å²) < 4.78 is 0. The lowest BCUT2D eigenvalue weighted by Gasteiger charge is -2.40. The molecule has 0 atom stereocenters. The molecule has 2 rings (SSSR count). The van der Waals surface area contributed by atoms with E-state index in [1.54, 1.807) is 14.1 Å². The van der Waals surface area contributed by atoms with Crippen molar-refractivity contribution in [3.8, 4) is 0 Å². The number of amides is 2. The predicted molar refractivity (Wildman–Crippen MR) is 66.4 cm³/mol. The minimum atomic E-state index is -1.06. The summed E-state index contributed by atoms with van der Waals surface area (Å²) in [6.07, 6.45) is 3.70. The molecule has 1 aromatic heterocycles. The van der Waals surface area contributed by atoms with Crippen molar-refractivity contribution in [2.75, 3.05) is 14.1 Å². The van der Waals surface area contributed by atoms with Gasteiger partial charge in [0, 0.05) is 14.1 Å². The second kappa shape index (κ2) is 4.88. The van der Waals surface area contributed by atoms with E-state index in [2.05, 4.69) is 20.7 Å². The quantitative estimate of drug-likeness (QED) is 0.585. The lowest BCUT2D eigenvalue weighted by molar-refractivity contribution is 0.0690. The first-order valence-electron chi connectivity index (χ1n) is 5.98. The van der Waals surface area contributed by atoms with Crippen LogP contribution < -0.4 is 10.7 Å². The van der Waals surface area contributed by atoms with Gasteiger partial charge in [-0.25, -0.2) is 19.6 Å². The second-order valence-corrected chi connectivity index (χ2v) is 4.85. The fourth-order valence-electron chi connectivity index (χ4n) is 2.07. The highest BCUT2D eigenvalue weighted by Gasteiger charge is 2.43. The zero-order valence-corrected chi connectivity index (χ0v) is 10.9. The number of carbonyl (C=O) groups is 2. The van der Waals surface area contributed by atoms with E-state index in [9.17, 15) is 9.59 Å². The van der Waals surface area contributed by atoms with Crippen molar-refractivity contribution in [2.45, 2.75) is 24.8 Å². The largest absolute Gasteiger partial charge is 0.477 e. The number of rotatable bonds is 4. The lowest BCUT2D eigenvalue weighted by Crippen LogP contribution is -2.56. The molecule has 19 heavy (non-hydrogen) atoms. The van der Waals surface area contributed by atoms with Crippen LogP contribution >= 0.6 is 0 Å². The highest BCUT2D eigenvalue weighted by Crippen LogP contribution is 2.39. The molecule has 1 aliphatic rings. The number of carboxylic acid groups (broad SMARTS) is 1. The summed E-state index contributed by atoms with van der Waals surface area (Å²) in [5, 5.41) is 13.3. The van der Waals surface area contributed by atoms with E-state index < -0.39 is 11.5 Å². The maximum absolute atomic E-state index is 11.8. The molecule has 0 unspecified atom stereocenters. The van der Waals surface area contributed by atoms with E-state index in [0.717, 1.165) is 19.3 Å². The third-order valence-corrected chi connectivity index (χ3v) is 3.14. The average molecular weight is 267 g/mol. The molecule has 0 saturated heterocycles. The van der Waals surface area contributed by atoms with Gasteiger partial charge >= 0.3 is 12.0 Å². The van der Waals surface area contributed by atoms with Crippen molar-refractivity contribution in [1.29, 1.82) is 0 Å². The molecule has 1 aromatic rings. The van der Waals surface area contributed by atoms with Crippen molar-refractivity contribution < 1.29 is 14.7 Å². The number of hydrazine groups is 1. The van der Waals surface area contributed by atoms with Crippen molar-refractivity contribution in [3.05, 3.63) is 17.7 Å². The molecule has 0 aliphatic heterocycles. The Balaban J connectivity index is 2.13. The normalized spacial score (nSPS) is 16.8. The minimum Gasteiger partial charge on any atom is -0.477 e. The molecule has 1 heterocycles. The standard InChI is InChI=1S/C11H17N5O3/c1-16(2)15-10(19)14-11(4-3-5-11)9-12-6-7(13-9)8(17)18/h6H,3-5H2,1-2H3,(H,12,13)(H,17,18)(H2,14,15,19). The van der Waals surface area contributed by atoms with Crippen LogP contribution in [0.3, 0.4) is 0 Å². The Kier molecular flexibility index (Phi) is 3.43. The molecule has 0 aromatic carbocycles. The number of nitrogens with zero attached hydrogens (tertiary/aromatic N) is 2. The Hall–Kier alpha value is -2.09. The molecular weight excluding hydrogens is 250 g/mol. The number of aromatic carboxylic acids is 1. The maximum atomic E-state index is 11.8. The second-order valence-electron chi connectivity index (χ2n) is 4.85. The van der Waals surface area contributed by atoms with Crippen LogP contribution in [0.4, 0.5) is 4.79 Å². The first-order valence-corrected chi connectivity index (χ1v) is 5.98. The van der Waals surface area contributed by atoms with Crippen molar-refractivity contribution in [2.24, 2.45) is 0 Å². The number of hydrogen-bond acceptors (Lipinski definition) is 4. The molecule has 1 aliphatic carbocycles. The monoisotopic (exact) mass is 267 g/mol. The third kappa shape index (κ3) is 2.68. The molecule has 8 heteroatoms. The Morgan fingerprint density at radius 1 is 1.47 bits per heavy atom. The minimum absolute atomic E-state index is 0.0242. The first kappa shape index (κ1) is 13.3. The van der Waals surface area contributed by atoms with E-state index in [-0.39, 0.29) is 11.7 Å². The number of hydrogen-bond donors (Lipinski definition) is 4. The zero-order chi connectivity index (χ0) is 14.0. The van der Waals surface area contributed by atoms with Crippen LogP contribution in [0.5, 0.6) is 0 Å². The maximum Gasteiger partial charge on any atom is 0.353 e. The number of aromatic nitrogens is 2. The molecule has 0 bridgehead atoms. The summed E-state index contributed by atoms with van der Waals surface area (Å²) in [6, 6.07) is -0.335. The van der Waals surface area contributed by atoms with Gasteiger partial charge in [-0.1, -0.05) is 0 Å². The number of carboxylic acids is 1. The van der Waals surface area contributed by atoms with Crippen LogP contribution in [-0.4, -0.2) is 46.2 Å². The van der Waals surface area contributed by atoms with Gasteiger partial charge in [-0.05, 0) is 19.3 Å². The van der Waals surface area contributed by atoms with E-state index in [0.29, 0.717) is 5.82 Å². The van der Waals surface area contributed by atoms with Crippen molar-refractivity contribution in [1.82, 2.24) is 25.7 Å². The summed E-state index contributed by atoms with van der Waals surface area (Å²) in [6.45, 7) is 0. The molecule has 4 N–H and O–H groups in total. The van der Waals surface area contributed by atoms with Gasteiger partial charge in [0.05, 0.1) is 11.7 Å². The Bertz CT molecular complexity index is 492. The molecular formula is C11H17N5O3. The van der Waals surface area contributed by atoms with Gasteiger partial charge in [0.1, 0.15) is 11.5 Å². The first-order chi connectivity index (χ1) is 8.93. The van der Waals surface area contributed by atoms with Crippen LogP contribution in [0.15, 0.2) is 6.20 Å². The van der Waals surface area contributed by atoms with Gasteiger partial charge in [0.25, 0.3) is 0 Å². The number of nitrogens with one attached hydrogen (secondary N) is 3. The zero-order valence-electron chi connectivity index (χ0n) is 10.9. The van der Waals surface area contributed by atoms with E-state index in [4.69, 9.17) is 5.11 Å². The molecule has 0 radical (unpaired) electrons. The van der Waals surface area contributed by atoms with E-state index >= 15 is 0 Å². The lowest BCUT2D eigenvalue weighted by atomic mass is 9.76. The number of H-pyrrole nitrogens is 1. The Morgan fingerprint density at radius 3 is 2.58 bits per heavy atom. The van der Waals surface area contributed by atoms with E-state index in [1.807, 2.05) is 0 Å². The van der Waals surface area contributed by atoms with Crippen molar-refractivity contribution in [3.63, 3.8) is 0 Å². The summed E-state index contributed by atoms with van der Waals surface area (Å²) in [5.41, 5.74) is 2.03. The fraction of sp³-hybridized carbons (Fsp3) is 0.545. The predicted octanol–water partition coefficient (Wildman–Crippen LogP) is 0.263. The van der Waals surface area contributed by atoms with Gasteiger partial charge in [-0.2, -0.15) is 0 Å². The SMILES string of the molecule is CN(C)NC(=O)NC1(c2ncc(C(=O)O)[nH]2)CCC1. The Morgan fingerprint density at radius 2 is 2.16 bits per heavy atom. The van der Waals surface area contributed by atoms with Gasteiger partial charge < -0.3 is 15.4 Å². The third-order valence-electron chi connectivity index (χ3n) is 3.14. The summed E-state index contributed by atoms with van der Waals surface area (Å²) in [7, 11) is 3.42. The van der Waals surface area contributed by atoms with Gasteiger partial charge in [0.2, 0.25) is 0 Å². The highest BCUT2D eigenvalue weighted by molar-refractivity contribution is 5.85. The smallest absolute Gasteiger partial charge is 0.353 e. The van der Waals surface area contributed by atoms with E-state index in [1.165, 1.54) is 11.2 Å². The van der Waals surface area contributed by atoms with Crippen LogP contribution in [0.25, 0.3) is 0 Å². The summed E-state index contributed by atoms with van der Waals surface area (Å²) in [5.74, 6) is -0.573. The van der Waals surface area contributed by atoms with Crippen LogP contribution in [0.1, 0.15) is 35.6 Å². The number of carbonyl (C=O) groups excluding carboxylic acids is 1. The molecule has 1 fully saturated rings. The number of urea groups is 1. The Labute approximate surface area is 110 Å². The summed E-state index contributed by atoms with van der Waals surface area (Å²) in [4.78, 5) is 29.4. The van der Waals surface area contributed by atoms with Crippen molar-refractivity contribution >= 4 is 12.0 Å². The molecule has 0 spiro atoms. The number of aromatic amines is 1. The fourth-order valence-corrected chi connectivity index (χ4v) is 2.07. The van der Waals surface area contributed by atoms with Gasteiger partial charge in [0.15, 0.2) is 0 Å². The van der Waals surface area contributed by atoms with Crippen LogP contribution in [-0.2, 0) is 5.54 Å². The molecule has 1 saturated carbocycles.